The lowest BCUT2D eigenvalue weighted by Gasteiger charge is -2.25. The lowest BCUT2D eigenvalue weighted by molar-refractivity contribution is 0.189. The molecule has 0 heterocycles. The molecule has 0 aliphatic heterocycles. The van der Waals surface area contributed by atoms with Crippen molar-refractivity contribution in [3.8, 4) is 0 Å². The Morgan fingerprint density at radius 2 is 1.81 bits per heavy atom. The molecule has 0 amide bonds. The molecule has 0 spiro atoms. The molecule has 3 heteroatoms. The smallest absolute Gasteiger partial charge is 0.123 e. The number of halogens is 1. The van der Waals surface area contributed by atoms with Crippen LogP contribution in [0.15, 0.2) is 24.3 Å². The molecule has 0 radical (unpaired) electrons. The van der Waals surface area contributed by atoms with Crippen molar-refractivity contribution in [1.82, 2.24) is 5.32 Å². The molecule has 1 aromatic carbocycles. The van der Waals surface area contributed by atoms with Crippen molar-refractivity contribution in [1.29, 1.82) is 0 Å². The Morgan fingerprint density at radius 3 is 2.38 bits per heavy atom. The van der Waals surface area contributed by atoms with Crippen molar-refractivity contribution >= 4 is 0 Å². The van der Waals surface area contributed by atoms with Crippen LogP contribution in [0, 0.1) is 11.7 Å². The molecule has 21 heavy (non-hydrogen) atoms. The Morgan fingerprint density at radius 1 is 1.14 bits per heavy atom. The molecule has 1 N–H and O–H groups in total. The first kappa shape index (κ1) is 18.1. The molecule has 120 valence electrons. The summed E-state index contributed by atoms with van der Waals surface area (Å²) in [5, 5.41) is 3.59. The fourth-order valence-electron chi connectivity index (χ4n) is 2.36. The molecule has 0 aromatic heterocycles. The van der Waals surface area contributed by atoms with Crippen molar-refractivity contribution < 1.29 is 9.13 Å². The Labute approximate surface area is 129 Å². The topological polar surface area (TPSA) is 21.3 Å². The van der Waals surface area contributed by atoms with Crippen molar-refractivity contribution in [2.75, 3.05) is 20.3 Å². The van der Waals surface area contributed by atoms with Gasteiger partial charge >= 0.3 is 0 Å². The first-order valence-electron chi connectivity index (χ1n) is 7.89. The average Bonchev–Trinajstić information content (AvgIpc) is 2.42. The van der Waals surface area contributed by atoms with Gasteiger partial charge in [0.05, 0.1) is 0 Å². The number of unbranched alkanes of at least 4 members (excludes halogenated alkanes) is 1. The third-order valence-corrected chi connectivity index (χ3v) is 3.57. The highest BCUT2D eigenvalue weighted by Gasteiger charge is 2.14. The maximum absolute atomic E-state index is 13.0. The van der Waals surface area contributed by atoms with E-state index < -0.39 is 0 Å². The maximum Gasteiger partial charge on any atom is 0.123 e. The molecule has 0 fully saturated rings. The first-order chi connectivity index (χ1) is 9.90. The molecule has 1 atom stereocenters. The zero-order valence-electron chi connectivity index (χ0n) is 13.9. The highest BCUT2D eigenvalue weighted by Crippen LogP contribution is 2.16. The van der Waals surface area contributed by atoms with E-state index >= 15 is 0 Å². The van der Waals surface area contributed by atoms with Gasteiger partial charge in [-0.25, -0.2) is 4.39 Å². The van der Waals surface area contributed by atoms with Gasteiger partial charge in [0, 0.05) is 19.3 Å². The molecular weight excluding hydrogens is 265 g/mol. The van der Waals surface area contributed by atoms with Gasteiger partial charge in [-0.1, -0.05) is 18.6 Å². The highest BCUT2D eigenvalue weighted by molar-refractivity contribution is 5.16. The maximum atomic E-state index is 13.0. The lowest BCUT2D eigenvalue weighted by Crippen LogP contribution is -2.39. The van der Waals surface area contributed by atoms with Gasteiger partial charge in [0.25, 0.3) is 0 Å². The van der Waals surface area contributed by atoms with Crippen molar-refractivity contribution in [2.45, 2.75) is 52.0 Å². The molecule has 0 aliphatic carbocycles. The normalized spacial score (nSPS) is 13.4. The fourth-order valence-corrected chi connectivity index (χ4v) is 2.36. The van der Waals surface area contributed by atoms with E-state index in [1.165, 1.54) is 18.4 Å². The van der Waals surface area contributed by atoms with Crippen LogP contribution in [0.25, 0.3) is 0 Å². The van der Waals surface area contributed by atoms with Gasteiger partial charge in [-0.15, -0.1) is 0 Å². The van der Waals surface area contributed by atoms with E-state index in [1.54, 1.807) is 19.2 Å². The fraction of sp³-hybridized carbons (Fsp3) is 0.667. The van der Waals surface area contributed by atoms with Gasteiger partial charge in [0.2, 0.25) is 0 Å². The third kappa shape index (κ3) is 8.84. The van der Waals surface area contributed by atoms with E-state index in [4.69, 9.17) is 4.74 Å². The van der Waals surface area contributed by atoms with Gasteiger partial charge < -0.3 is 10.1 Å². The summed E-state index contributed by atoms with van der Waals surface area (Å²) in [6.45, 7) is 8.39. The van der Waals surface area contributed by atoms with Crippen molar-refractivity contribution in [3.63, 3.8) is 0 Å². The third-order valence-electron chi connectivity index (χ3n) is 3.57. The standard InChI is InChI=1S/C18H30FNO/c1-18(2,3)20-14-16(7-5-6-12-21-4)13-15-8-10-17(19)11-9-15/h8-11,16,20H,5-7,12-14H2,1-4H3. The molecular formula is C18H30FNO. The first-order valence-corrected chi connectivity index (χ1v) is 7.89. The van der Waals surface area contributed by atoms with E-state index in [0.29, 0.717) is 5.92 Å². The number of ether oxygens (including phenoxy) is 1. The van der Waals surface area contributed by atoms with Crippen LogP contribution < -0.4 is 5.32 Å². The Kier molecular flexibility index (Phi) is 7.91. The summed E-state index contributed by atoms with van der Waals surface area (Å²) in [4.78, 5) is 0. The summed E-state index contributed by atoms with van der Waals surface area (Å²) in [6.07, 6.45) is 4.44. The number of nitrogens with one attached hydrogen (secondary N) is 1. The SMILES string of the molecule is COCCCCC(CNC(C)(C)C)Cc1ccc(F)cc1. The second-order valence-corrected chi connectivity index (χ2v) is 6.82. The summed E-state index contributed by atoms with van der Waals surface area (Å²) >= 11 is 0. The summed E-state index contributed by atoms with van der Waals surface area (Å²) in [6, 6.07) is 6.89. The number of benzene rings is 1. The van der Waals surface area contributed by atoms with Crippen LogP contribution in [-0.4, -0.2) is 25.8 Å². The van der Waals surface area contributed by atoms with E-state index in [-0.39, 0.29) is 11.4 Å². The quantitative estimate of drug-likeness (QED) is 0.690. The van der Waals surface area contributed by atoms with Gasteiger partial charge in [-0.05, 0) is 70.2 Å². The van der Waals surface area contributed by atoms with E-state index in [2.05, 4.69) is 26.1 Å². The molecule has 1 unspecified atom stereocenters. The van der Waals surface area contributed by atoms with Crippen LogP contribution in [0.5, 0.6) is 0 Å². The molecule has 2 nitrogen and oxygen atoms in total. The molecule has 0 saturated heterocycles. The predicted octanol–water partition coefficient (Wildman–Crippen LogP) is 4.19. The number of rotatable bonds is 9. The molecule has 1 aromatic rings. The van der Waals surface area contributed by atoms with Crippen molar-refractivity contribution in [3.05, 3.63) is 35.6 Å². The summed E-state index contributed by atoms with van der Waals surface area (Å²) in [7, 11) is 1.75. The Bertz CT molecular complexity index is 383. The number of methoxy groups -OCH3 is 1. The summed E-state index contributed by atoms with van der Waals surface area (Å²) in [5.41, 5.74) is 1.34. The molecule has 0 saturated carbocycles. The second kappa shape index (κ2) is 9.16. The molecule has 0 bridgehead atoms. The van der Waals surface area contributed by atoms with Gasteiger partial charge in [-0.2, -0.15) is 0 Å². The Balaban J connectivity index is 2.51. The Hall–Kier alpha value is -0.930. The average molecular weight is 295 g/mol. The van der Waals surface area contributed by atoms with E-state index in [9.17, 15) is 4.39 Å². The predicted molar refractivity (Wildman–Crippen MR) is 87.1 cm³/mol. The zero-order chi connectivity index (χ0) is 15.7. The van der Waals surface area contributed by atoms with Gasteiger partial charge in [-0.3, -0.25) is 0 Å². The lowest BCUT2D eigenvalue weighted by atomic mass is 9.93. The van der Waals surface area contributed by atoms with E-state index in [0.717, 1.165) is 26.0 Å². The zero-order valence-corrected chi connectivity index (χ0v) is 13.9. The summed E-state index contributed by atoms with van der Waals surface area (Å²) < 4.78 is 18.1. The monoisotopic (exact) mass is 295 g/mol. The van der Waals surface area contributed by atoms with Crippen LogP contribution >= 0.6 is 0 Å². The number of hydrogen-bond donors (Lipinski definition) is 1. The van der Waals surface area contributed by atoms with Gasteiger partial charge in [0.1, 0.15) is 5.82 Å². The van der Waals surface area contributed by atoms with Gasteiger partial charge in [0.15, 0.2) is 0 Å². The van der Waals surface area contributed by atoms with Crippen molar-refractivity contribution in [2.24, 2.45) is 5.92 Å². The van der Waals surface area contributed by atoms with E-state index in [1.807, 2.05) is 12.1 Å². The van der Waals surface area contributed by atoms with Crippen LogP contribution in [0.3, 0.4) is 0 Å². The second-order valence-electron chi connectivity index (χ2n) is 6.82. The highest BCUT2D eigenvalue weighted by atomic mass is 19.1. The number of hydrogen-bond acceptors (Lipinski definition) is 2. The van der Waals surface area contributed by atoms with Crippen LogP contribution in [-0.2, 0) is 11.2 Å². The minimum atomic E-state index is -0.164. The minimum Gasteiger partial charge on any atom is -0.385 e. The van der Waals surface area contributed by atoms with Crippen LogP contribution in [0.4, 0.5) is 4.39 Å². The van der Waals surface area contributed by atoms with Crippen LogP contribution in [0.2, 0.25) is 0 Å². The summed E-state index contributed by atoms with van der Waals surface area (Å²) in [5.74, 6) is 0.412. The molecule has 0 aliphatic rings. The van der Waals surface area contributed by atoms with Crippen LogP contribution in [0.1, 0.15) is 45.6 Å². The minimum absolute atomic E-state index is 0.133. The molecule has 1 rings (SSSR count). The largest absolute Gasteiger partial charge is 0.385 e.